The Kier molecular flexibility index (Phi) is 3.78. The van der Waals surface area contributed by atoms with E-state index in [1.807, 2.05) is 47.4 Å². The average Bonchev–Trinajstić information content (AvgIpc) is 3.01. The Morgan fingerprint density at radius 1 is 0.958 bits per heavy atom. The highest BCUT2D eigenvalue weighted by atomic mass is 16.2. The minimum atomic E-state index is 0.0408. The third-order valence-electron chi connectivity index (χ3n) is 4.60. The van der Waals surface area contributed by atoms with Gasteiger partial charge in [-0.2, -0.15) is 0 Å². The molecular weight excluding hydrogens is 302 g/mol. The molecule has 122 valence electrons. The lowest BCUT2D eigenvalue weighted by atomic mass is 10.0. The van der Waals surface area contributed by atoms with Crippen molar-refractivity contribution in [3.63, 3.8) is 0 Å². The fraction of sp³-hybridized carbons (Fsp3) is 0.263. The van der Waals surface area contributed by atoms with Crippen molar-refractivity contribution < 1.29 is 9.59 Å². The number of carbonyl (C=O) groups is 2. The van der Waals surface area contributed by atoms with Gasteiger partial charge in [0.2, 0.25) is 5.91 Å². The fourth-order valence-electron chi connectivity index (χ4n) is 3.25. The molecule has 2 N–H and O–H groups in total. The van der Waals surface area contributed by atoms with Gasteiger partial charge in [0, 0.05) is 37.4 Å². The van der Waals surface area contributed by atoms with Crippen molar-refractivity contribution >= 4 is 17.5 Å². The van der Waals surface area contributed by atoms with Crippen molar-refractivity contribution in [2.24, 2.45) is 0 Å². The number of hydrogen-bond donors (Lipinski definition) is 2. The van der Waals surface area contributed by atoms with Crippen LogP contribution in [0.1, 0.15) is 15.9 Å². The van der Waals surface area contributed by atoms with Crippen molar-refractivity contribution in [2.75, 3.05) is 31.5 Å². The van der Waals surface area contributed by atoms with Gasteiger partial charge < -0.3 is 15.5 Å². The fourth-order valence-corrected chi connectivity index (χ4v) is 3.25. The van der Waals surface area contributed by atoms with E-state index in [9.17, 15) is 9.59 Å². The Balaban J connectivity index is 1.55. The molecule has 0 aromatic heterocycles. The summed E-state index contributed by atoms with van der Waals surface area (Å²) in [6, 6.07) is 13.7. The zero-order valence-electron chi connectivity index (χ0n) is 13.3. The Bertz CT molecular complexity index is 793. The van der Waals surface area contributed by atoms with Gasteiger partial charge in [-0.1, -0.05) is 24.3 Å². The summed E-state index contributed by atoms with van der Waals surface area (Å²) in [7, 11) is 0. The van der Waals surface area contributed by atoms with Gasteiger partial charge in [0.1, 0.15) is 0 Å². The van der Waals surface area contributed by atoms with E-state index in [4.69, 9.17) is 0 Å². The highest BCUT2D eigenvalue weighted by Crippen LogP contribution is 2.29. The average molecular weight is 321 g/mol. The van der Waals surface area contributed by atoms with Crippen LogP contribution >= 0.6 is 0 Å². The van der Waals surface area contributed by atoms with Gasteiger partial charge >= 0.3 is 0 Å². The lowest BCUT2D eigenvalue weighted by molar-refractivity contribution is -0.115. The Labute approximate surface area is 140 Å². The molecule has 2 aromatic carbocycles. The molecule has 1 saturated heterocycles. The van der Waals surface area contributed by atoms with Crippen LogP contribution < -0.4 is 10.6 Å². The molecule has 0 spiro atoms. The molecule has 4 rings (SSSR count). The van der Waals surface area contributed by atoms with E-state index in [1.54, 1.807) is 0 Å². The summed E-state index contributed by atoms with van der Waals surface area (Å²) in [5.41, 5.74) is 4.72. The van der Waals surface area contributed by atoms with Crippen LogP contribution in [-0.4, -0.2) is 42.9 Å². The third-order valence-corrected chi connectivity index (χ3v) is 4.60. The molecular formula is C19H19N3O2. The number of carbonyl (C=O) groups excluding carboxylic acids is 2. The lowest BCUT2D eigenvalue weighted by Crippen LogP contribution is -2.46. The molecule has 2 aliphatic heterocycles. The third kappa shape index (κ3) is 2.78. The summed E-state index contributed by atoms with van der Waals surface area (Å²) < 4.78 is 0. The lowest BCUT2D eigenvalue weighted by Gasteiger charge is -2.27. The van der Waals surface area contributed by atoms with E-state index in [1.165, 1.54) is 0 Å². The van der Waals surface area contributed by atoms with E-state index < -0.39 is 0 Å². The van der Waals surface area contributed by atoms with Crippen LogP contribution in [-0.2, 0) is 11.2 Å². The number of amides is 2. The van der Waals surface area contributed by atoms with Gasteiger partial charge in [-0.3, -0.25) is 9.59 Å². The van der Waals surface area contributed by atoms with Crippen molar-refractivity contribution in [3.05, 3.63) is 53.6 Å². The smallest absolute Gasteiger partial charge is 0.253 e. The monoisotopic (exact) mass is 321 g/mol. The number of fused-ring (bicyclic) bond motifs is 1. The summed E-state index contributed by atoms with van der Waals surface area (Å²) in [6.45, 7) is 3.21. The van der Waals surface area contributed by atoms with Crippen molar-refractivity contribution in [3.8, 4) is 11.1 Å². The first-order chi connectivity index (χ1) is 11.7. The van der Waals surface area contributed by atoms with Crippen LogP contribution in [0.25, 0.3) is 11.1 Å². The molecule has 2 aliphatic rings. The largest absolute Gasteiger partial charge is 0.336 e. The first-order valence-corrected chi connectivity index (χ1v) is 8.24. The van der Waals surface area contributed by atoms with Crippen molar-refractivity contribution in [1.29, 1.82) is 0 Å². The summed E-state index contributed by atoms with van der Waals surface area (Å²) >= 11 is 0. The van der Waals surface area contributed by atoms with Crippen molar-refractivity contribution in [1.82, 2.24) is 10.2 Å². The first kappa shape index (κ1) is 14.9. The second kappa shape index (κ2) is 6.09. The van der Waals surface area contributed by atoms with E-state index in [0.29, 0.717) is 6.42 Å². The first-order valence-electron chi connectivity index (χ1n) is 8.24. The summed E-state index contributed by atoms with van der Waals surface area (Å²) in [6.07, 6.45) is 0.452. The number of nitrogens with zero attached hydrogens (tertiary/aromatic N) is 1. The van der Waals surface area contributed by atoms with Crippen LogP contribution in [0.15, 0.2) is 42.5 Å². The van der Waals surface area contributed by atoms with Gasteiger partial charge in [-0.05, 0) is 34.9 Å². The molecule has 5 heteroatoms. The quantitative estimate of drug-likeness (QED) is 0.888. The number of rotatable bonds is 2. The van der Waals surface area contributed by atoms with Crippen LogP contribution in [0.2, 0.25) is 0 Å². The van der Waals surface area contributed by atoms with Crippen LogP contribution in [0.5, 0.6) is 0 Å². The number of hydrogen-bond acceptors (Lipinski definition) is 3. The molecule has 0 saturated carbocycles. The zero-order chi connectivity index (χ0) is 16.5. The maximum atomic E-state index is 12.5. The Hall–Kier alpha value is -2.66. The highest BCUT2D eigenvalue weighted by molar-refractivity contribution is 6.00. The predicted octanol–water partition coefficient (Wildman–Crippen LogP) is 1.89. The van der Waals surface area contributed by atoms with Gasteiger partial charge in [0.25, 0.3) is 5.91 Å². The van der Waals surface area contributed by atoms with Crippen LogP contribution in [0, 0.1) is 0 Å². The van der Waals surface area contributed by atoms with Crippen molar-refractivity contribution in [2.45, 2.75) is 6.42 Å². The molecule has 5 nitrogen and oxygen atoms in total. The SMILES string of the molecule is O=C1Cc2ccc(-c3ccc(C(=O)N4CCNCC4)cc3)cc2N1. The normalized spacial score (nSPS) is 16.7. The molecule has 2 aromatic rings. The van der Waals surface area contributed by atoms with Crippen LogP contribution in [0.4, 0.5) is 5.69 Å². The summed E-state index contributed by atoms with van der Waals surface area (Å²) in [4.78, 5) is 25.8. The Morgan fingerprint density at radius 3 is 2.42 bits per heavy atom. The Morgan fingerprint density at radius 2 is 1.67 bits per heavy atom. The summed E-state index contributed by atoms with van der Waals surface area (Å²) in [5, 5.41) is 6.13. The molecule has 0 aliphatic carbocycles. The van der Waals surface area contributed by atoms with Gasteiger partial charge in [-0.25, -0.2) is 0 Å². The summed E-state index contributed by atoms with van der Waals surface area (Å²) in [5.74, 6) is 0.128. The highest BCUT2D eigenvalue weighted by Gasteiger charge is 2.19. The van der Waals surface area contributed by atoms with Gasteiger partial charge in [-0.15, -0.1) is 0 Å². The minimum Gasteiger partial charge on any atom is -0.336 e. The standard InChI is InChI=1S/C19H19N3O2/c23-18-12-16-6-5-15(11-17(16)21-18)13-1-3-14(4-2-13)19(24)22-9-7-20-8-10-22/h1-6,11,20H,7-10,12H2,(H,21,23). The predicted molar refractivity (Wildman–Crippen MR) is 93.0 cm³/mol. The molecule has 24 heavy (non-hydrogen) atoms. The minimum absolute atomic E-state index is 0.0408. The van der Waals surface area contributed by atoms with Gasteiger partial charge in [0.15, 0.2) is 0 Å². The number of benzene rings is 2. The number of piperazine rings is 1. The molecule has 0 radical (unpaired) electrons. The topological polar surface area (TPSA) is 61.4 Å². The molecule has 0 unspecified atom stereocenters. The molecule has 0 atom stereocenters. The molecule has 0 bridgehead atoms. The molecule has 2 heterocycles. The van der Waals surface area contributed by atoms with E-state index in [0.717, 1.165) is 54.1 Å². The van der Waals surface area contributed by atoms with Crippen LogP contribution in [0.3, 0.4) is 0 Å². The van der Waals surface area contributed by atoms with Gasteiger partial charge in [0.05, 0.1) is 6.42 Å². The maximum absolute atomic E-state index is 12.5. The second-order valence-electron chi connectivity index (χ2n) is 6.22. The number of nitrogens with one attached hydrogen (secondary N) is 2. The number of anilines is 1. The second-order valence-corrected chi connectivity index (χ2v) is 6.22. The molecule has 2 amide bonds. The van der Waals surface area contributed by atoms with E-state index >= 15 is 0 Å². The van der Waals surface area contributed by atoms with E-state index in [-0.39, 0.29) is 11.8 Å². The zero-order valence-corrected chi connectivity index (χ0v) is 13.3. The maximum Gasteiger partial charge on any atom is 0.253 e. The molecule has 1 fully saturated rings. The van der Waals surface area contributed by atoms with E-state index in [2.05, 4.69) is 10.6 Å².